The van der Waals surface area contributed by atoms with Gasteiger partial charge in [0, 0.05) is 28.1 Å². The number of halogens is 2. The Balaban J connectivity index is 1.72. The minimum atomic E-state index is -1.34. The summed E-state index contributed by atoms with van der Waals surface area (Å²) < 4.78 is 1.87. The maximum Gasteiger partial charge on any atom is 0.280 e. The molecule has 1 aliphatic carbocycles. The highest BCUT2D eigenvalue weighted by Crippen LogP contribution is 2.56. The normalized spacial score (nSPS) is 22.8. The number of amides is 2. The van der Waals surface area contributed by atoms with Gasteiger partial charge in [-0.15, -0.1) is 11.6 Å². The van der Waals surface area contributed by atoms with Gasteiger partial charge in [0.15, 0.2) is 11.2 Å². The van der Waals surface area contributed by atoms with Gasteiger partial charge < -0.3 is 5.32 Å². The molecule has 6 rings (SSSR count). The summed E-state index contributed by atoms with van der Waals surface area (Å²) in [5.41, 5.74) is 5.63. The molecule has 0 bridgehead atoms. The lowest BCUT2D eigenvalue weighted by atomic mass is 9.77. The molecule has 2 aliphatic heterocycles. The predicted molar refractivity (Wildman–Crippen MR) is 146 cm³/mol. The molecule has 1 N–H and O–H groups in total. The Morgan fingerprint density at radius 1 is 1.08 bits per heavy atom. The van der Waals surface area contributed by atoms with Crippen molar-refractivity contribution in [3.8, 4) is 5.69 Å². The topological polar surface area (TPSA) is 67.2 Å². The van der Waals surface area contributed by atoms with Gasteiger partial charge in [0.2, 0.25) is 0 Å². The molecule has 0 saturated heterocycles. The number of fused-ring (bicyclic) bond motifs is 3. The number of rotatable bonds is 3. The van der Waals surface area contributed by atoms with E-state index in [9.17, 15) is 9.59 Å². The van der Waals surface area contributed by atoms with Crippen molar-refractivity contribution >= 4 is 40.7 Å². The number of hydrogen-bond donors (Lipinski definition) is 1. The van der Waals surface area contributed by atoms with E-state index in [4.69, 9.17) is 28.3 Å². The maximum absolute atomic E-state index is 14.4. The van der Waals surface area contributed by atoms with Crippen LogP contribution in [0.1, 0.15) is 71.9 Å². The fourth-order valence-electron chi connectivity index (χ4n) is 6.23. The van der Waals surface area contributed by atoms with E-state index in [1.807, 2.05) is 48.9 Å². The van der Waals surface area contributed by atoms with E-state index in [-0.39, 0.29) is 23.1 Å². The van der Waals surface area contributed by atoms with Gasteiger partial charge in [-0.2, -0.15) is 5.10 Å². The molecule has 1 aromatic heterocycles. The van der Waals surface area contributed by atoms with E-state index in [2.05, 4.69) is 19.2 Å². The van der Waals surface area contributed by atoms with Gasteiger partial charge in [0.05, 0.1) is 17.1 Å². The van der Waals surface area contributed by atoms with Crippen molar-refractivity contribution in [3.05, 3.63) is 86.8 Å². The van der Waals surface area contributed by atoms with Crippen LogP contribution in [0.15, 0.2) is 53.7 Å². The Labute approximate surface area is 226 Å². The first-order valence-electron chi connectivity index (χ1n) is 12.6. The van der Waals surface area contributed by atoms with Crippen LogP contribution >= 0.6 is 23.2 Å². The molecule has 0 fully saturated rings. The molecule has 3 heterocycles. The summed E-state index contributed by atoms with van der Waals surface area (Å²) in [5, 5.41) is 8.49. The Bertz CT molecular complexity index is 1520. The first kappa shape index (κ1) is 24.3. The monoisotopic (exact) mass is 534 g/mol. The Kier molecular flexibility index (Phi) is 5.55. The smallest absolute Gasteiger partial charge is 0.280 e. The number of benzene rings is 2. The lowest BCUT2D eigenvalue weighted by molar-refractivity contribution is -0.123. The fourth-order valence-corrected chi connectivity index (χ4v) is 6.66. The van der Waals surface area contributed by atoms with Crippen molar-refractivity contribution in [3.63, 3.8) is 0 Å². The average Bonchev–Trinajstić information content (AvgIpc) is 3.45. The summed E-state index contributed by atoms with van der Waals surface area (Å²) in [6.45, 7) is 8.11. The minimum absolute atomic E-state index is 0.0113. The standard InChI is InChI=1S/C29H28Cl2N4O2/c1-15(2)26-24-25(33-35(26)22-8-6-5-7-16(22)3)27(36)34(23-14-19(31)10-9-17(23)4)29(24)20-12-11-18(30)13-21(20)32-28(29)37/h5-10,14-15,18H,11-13H2,1-4H3,(H,32,37). The molecule has 0 radical (unpaired) electrons. The highest BCUT2D eigenvalue weighted by molar-refractivity contribution is 6.31. The Hall–Kier alpha value is -3.09. The minimum Gasteiger partial charge on any atom is -0.327 e. The van der Waals surface area contributed by atoms with Crippen molar-refractivity contribution in [1.29, 1.82) is 0 Å². The summed E-state index contributed by atoms with van der Waals surface area (Å²) >= 11 is 13.0. The van der Waals surface area contributed by atoms with E-state index >= 15 is 0 Å². The van der Waals surface area contributed by atoms with E-state index in [1.165, 1.54) is 0 Å². The second kappa shape index (κ2) is 8.47. The number of aromatic nitrogens is 2. The van der Waals surface area contributed by atoms with Crippen molar-refractivity contribution in [1.82, 2.24) is 15.1 Å². The number of nitrogens with zero attached hydrogens (tertiary/aromatic N) is 3. The molecule has 6 nitrogen and oxygen atoms in total. The molecular formula is C29H28Cl2N4O2. The number of alkyl halides is 1. The maximum atomic E-state index is 14.4. The van der Waals surface area contributed by atoms with Gasteiger partial charge in [-0.25, -0.2) is 4.68 Å². The fraction of sp³-hybridized carbons (Fsp3) is 0.345. The van der Waals surface area contributed by atoms with Crippen LogP contribution in [0.3, 0.4) is 0 Å². The Morgan fingerprint density at radius 2 is 1.81 bits per heavy atom. The van der Waals surface area contributed by atoms with Gasteiger partial charge in [0.1, 0.15) is 0 Å². The van der Waals surface area contributed by atoms with Gasteiger partial charge in [-0.3, -0.25) is 14.5 Å². The first-order chi connectivity index (χ1) is 17.7. The van der Waals surface area contributed by atoms with E-state index in [1.54, 1.807) is 17.0 Å². The molecule has 2 aromatic carbocycles. The molecule has 3 aliphatic rings. The summed E-state index contributed by atoms with van der Waals surface area (Å²) in [7, 11) is 0. The quantitative estimate of drug-likeness (QED) is 0.401. The van der Waals surface area contributed by atoms with Gasteiger partial charge in [0.25, 0.3) is 11.8 Å². The molecule has 3 aromatic rings. The third kappa shape index (κ3) is 3.28. The van der Waals surface area contributed by atoms with Gasteiger partial charge in [-0.05, 0) is 67.5 Å². The zero-order chi connectivity index (χ0) is 26.2. The average molecular weight is 535 g/mol. The third-order valence-corrected chi connectivity index (χ3v) is 8.46. The molecule has 2 unspecified atom stereocenters. The van der Waals surface area contributed by atoms with Crippen molar-refractivity contribution in [2.24, 2.45) is 0 Å². The molecule has 37 heavy (non-hydrogen) atoms. The lowest BCUT2D eigenvalue weighted by Crippen LogP contribution is -2.52. The molecule has 0 saturated carbocycles. The second-order valence-electron chi connectivity index (χ2n) is 10.5. The predicted octanol–water partition coefficient (Wildman–Crippen LogP) is 6.30. The molecule has 190 valence electrons. The Morgan fingerprint density at radius 3 is 2.54 bits per heavy atom. The summed E-state index contributed by atoms with van der Waals surface area (Å²) in [6, 6.07) is 13.4. The zero-order valence-electron chi connectivity index (χ0n) is 21.2. The lowest BCUT2D eigenvalue weighted by Gasteiger charge is -2.38. The number of para-hydroxylation sites is 1. The number of nitrogens with one attached hydrogen (secondary N) is 1. The van der Waals surface area contributed by atoms with Crippen LogP contribution in [0.2, 0.25) is 5.02 Å². The summed E-state index contributed by atoms with van der Waals surface area (Å²) in [4.78, 5) is 30.3. The largest absolute Gasteiger partial charge is 0.327 e. The van der Waals surface area contributed by atoms with Crippen molar-refractivity contribution < 1.29 is 9.59 Å². The molecular weight excluding hydrogens is 507 g/mol. The first-order valence-corrected chi connectivity index (χ1v) is 13.5. The third-order valence-electron chi connectivity index (χ3n) is 7.85. The number of carbonyl (C=O) groups excluding carboxylic acids is 2. The molecule has 1 spiro atoms. The van der Waals surface area contributed by atoms with Crippen LogP contribution in [0.5, 0.6) is 0 Å². The van der Waals surface area contributed by atoms with Crippen LogP contribution in [0, 0.1) is 13.8 Å². The van der Waals surface area contributed by atoms with Crippen LogP contribution in [0.25, 0.3) is 5.69 Å². The number of allylic oxidation sites excluding steroid dienone is 1. The number of anilines is 1. The van der Waals surface area contributed by atoms with Crippen LogP contribution in [-0.2, 0) is 10.3 Å². The van der Waals surface area contributed by atoms with E-state index < -0.39 is 5.54 Å². The van der Waals surface area contributed by atoms with Crippen LogP contribution < -0.4 is 10.2 Å². The van der Waals surface area contributed by atoms with E-state index in [0.29, 0.717) is 34.8 Å². The summed E-state index contributed by atoms with van der Waals surface area (Å²) in [5.74, 6) is -0.546. The highest BCUT2D eigenvalue weighted by Gasteiger charge is 2.65. The summed E-state index contributed by atoms with van der Waals surface area (Å²) in [6.07, 6.45) is 1.89. The number of aryl methyl sites for hydroxylation is 2. The highest BCUT2D eigenvalue weighted by atomic mass is 35.5. The van der Waals surface area contributed by atoms with Crippen molar-refractivity contribution in [2.45, 2.75) is 63.8 Å². The van der Waals surface area contributed by atoms with E-state index in [0.717, 1.165) is 40.2 Å². The van der Waals surface area contributed by atoms with Crippen LogP contribution in [-0.4, -0.2) is 27.0 Å². The van der Waals surface area contributed by atoms with Gasteiger partial charge >= 0.3 is 0 Å². The molecule has 2 atom stereocenters. The van der Waals surface area contributed by atoms with Gasteiger partial charge in [-0.1, -0.05) is 49.7 Å². The second-order valence-corrected chi connectivity index (χ2v) is 11.5. The zero-order valence-corrected chi connectivity index (χ0v) is 22.7. The molecule has 8 heteroatoms. The number of hydrogen-bond acceptors (Lipinski definition) is 3. The van der Waals surface area contributed by atoms with Crippen LogP contribution in [0.4, 0.5) is 5.69 Å². The molecule has 2 amide bonds. The number of carbonyl (C=O) groups is 2. The SMILES string of the molecule is Cc1ccc(Cl)cc1N1C(=O)c2nn(-c3ccccc3C)c(C(C)C)c2C12C(=O)NC1=C2CCC(Cl)C1. The van der Waals surface area contributed by atoms with Crippen molar-refractivity contribution in [2.75, 3.05) is 4.90 Å².